The third kappa shape index (κ3) is 4.11. The maximum atomic E-state index is 2.52. The largest absolute Gasteiger partial charge is 0.309 e. The van der Waals surface area contributed by atoms with Crippen molar-refractivity contribution in [2.45, 2.75) is 0 Å². The molecule has 0 radical (unpaired) electrons. The smallest absolute Gasteiger partial charge is 0.0561 e. The molecule has 0 unspecified atom stereocenters. The van der Waals surface area contributed by atoms with Gasteiger partial charge < -0.3 is 9.47 Å². The summed E-state index contributed by atoms with van der Waals surface area (Å²) in [5.41, 5.74) is 12.2. The molecule has 0 N–H and O–H groups in total. The molecule has 0 bridgehead atoms. The van der Waals surface area contributed by atoms with Crippen molar-refractivity contribution in [2.24, 2.45) is 0 Å². The SMILES string of the molecule is c1cc2c(c(N(c3ccc4c5ccccc5n(-c5ccc6ccccc6c5)c4c3)c3cccc4ccccc34)c1)-c1c3ccccc3cc3cccc-2c13. The number of hydrogen-bond donors (Lipinski definition) is 0. The van der Waals surface area contributed by atoms with Crippen molar-refractivity contribution in [3.63, 3.8) is 0 Å². The van der Waals surface area contributed by atoms with Crippen LogP contribution in [0.2, 0.25) is 0 Å². The average Bonchev–Trinajstić information content (AvgIpc) is 3.75. The lowest BCUT2D eigenvalue weighted by Crippen LogP contribution is -2.12. The van der Waals surface area contributed by atoms with E-state index < -0.39 is 0 Å². The molecule has 0 aliphatic heterocycles. The summed E-state index contributed by atoms with van der Waals surface area (Å²) < 4.78 is 2.45. The summed E-state index contributed by atoms with van der Waals surface area (Å²) >= 11 is 0. The van der Waals surface area contributed by atoms with Crippen molar-refractivity contribution < 1.29 is 0 Å². The Hall–Kier alpha value is -7.16. The molecule has 2 nitrogen and oxygen atoms in total. The molecule has 0 atom stereocenters. The first-order valence-electron chi connectivity index (χ1n) is 18.7. The summed E-state index contributed by atoms with van der Waals surface area (Å²) in [5.74, 6) is 0. The van der Waals surface area contributed by atoms with Crippen molar-refractivity contribution in [2.75, 3.05) is 4.90 Å². The lowest BCUT2D eigenvalue weighted by molar-refractivity contribution is 1.18. The first-order valence-corrected chi connectivity index (χ1v) is 18.7. The number of anilines is 3. The molecule has 10 aromatic carbocycles. The van der Waals surface area contributed by atoms with E-state index in [1.165, 1.54) is 92.8 Å². The lowest BCUT2D eigenvalue weighted by Gasteiger charge is -2.29. The van der Waals surface area contributed by atoms with Gasteiger partial charge in [-0.15, -0.1) is 0 Å². The molecule has 0 saturated heterocycles. The third-order valence-corrected chi connectivity index (χ3v) is 11.6. The summed E-state index contributed by atoms with van der Waals surface area (Å²) in [6, 6.07) is 71.7. The minimum Gasteiger partial charge on any atom is -0.309 e. The van der Waals surface area contributed by atoms with Crippen molar-refractivity contribution in [1.82, 2.24) is 4.57 Å². The summed E-state index contributed by atoms with van der Waals surface area (Å²) in [4.78, 5) is 2.52. The Morgan fingerprint density at radius 2 is 0.981 bits per heavy atom. The van der Waals surface area contributed by atoms with Crippen molar-refractivity contribution in [1.29, 1.82) is 0 Å². The number of rotatable bonds is 4. The van der Waals surface area contributed by atoms with E-state index in [1.54, 1.807) is 0 Å². The van der Waals surface area contributed by atoms with Crippen LogP contribution in [-0.2, 0) is 0 Å². The number of para-hydroxylation sites is 1. The fraction of sp³-hybridized carbons (Fsp3) is 0. The summed E-state index contributed by atoms with van der Waals surface area (Å²) in [5, 5.41) is 12.6. The van der Waals surface area contributed by atoms with Gasteiger partial charge >= 0.3 is 0 Å². The van der Waals surface area contributed by atoms with Crippen LogP contribution in [0.15, 0.2) is 194 Å². The van der Waals surface area contributed by atoms with Crippen molar-refractivity contribution in [3.05, 3.63) is 194 Å². The Balaban J connectivity index is 1.19. The van der Waals surface area contributed by atoms with Crippen LogP contribution >= 0.6 is 0 Å². The highest BCUT2D eigenvalue weighted by Gasteiger charge is 2.30. The van der Waals surface area contributed by atoms with E-state index in [2.05, 4.69) is 204 Å². The minimum absolute atomic E-state index is 1.12. The molecule has 0 fully saturated rings. The molecule has 11 aromatic rings. The summed E-state index contributed by atoms with van der Waals surface area (Å²) in [6.07, 6.45) is 0. The zero-order chi connectivity index (χ0) is 35.3. The van der Waals surface area contributed by atoms with E-state index in [0.29, 0.717) is 0 Å². The topological polar surface area (TPSA) is 8.17 Å². The maximum Gasteiger partial charge on any atom is 0.0561 e. The second-order valence-corrected chi connectivity index (χ2v) is 14.5. The van der Waals surface area contributed by atoms with Crippen molar-refractivity contribution >= 4 is 82.0 Å². The molecule has 0 amide bonds. The number of hydrogen-bond acceptors (Lipinski definition) is 1. The molecule has 1 heterocycles. The van der Waals surface area contributed by atoms with E-state index in [0.717, 1.165) is 17.1 Å². The zero-order valence-electron chi connectivity index (χ0n) is 29.4. The Morgan fingerprint density at radius 3 is 1.89 bits per heavy atom. The molecular weight excluding hydrogens is 653 g/mol. The standard InChI is InChI=1S/C52H32N2/c1-2-14-35-31-38(27-26-33(35)12-1)54-47-23-8-7-20-42(47)43-29-28-39(32-49(43)54)53(46-24-10-16-34-13-3-5-18-40(34)46)48-25-11-22-45-44-21-9-17-37-30-36-15-4-6-19-41(36)52(50(37)44)51(45)48/h1-32H. The van der Waals surface area contributed by atoms with Gasteiger partial charge in [-0.25, -0.2) is 0 Å². The number of benzene rings is 10. The minimum atomic E-state index is 1.12. The fourth-order valence-corrected chi connectivity index (χ4v) is 9.32. The van der Waals surface area contributed by atoms with Gasteiger partial charge in [0.2, 0.25) is 0 Å². The van der Waals surface area contributed by atoms with E-state index in [1.807, 2.05) is 0 Å². The Labute approximate surface area is 312 Å². The van der Waals surface area contributed by atoms with Gasteiger partial charge in [0.05, 0.1) is 22.4 Å². The highest BCUT2D eigenvalue weighted by molar-refractivity contribution is 6.26. The summed E-state index contributed by atoms with van der Waals surface area (Å²) in [7, 11) is 0. The average molecular weight is 685 g/mol. The first-order chi connectivity index (χ1) is 26.8. The zero-order valence-corrected chi connectivity index (χ0v) is 29.4. The van der Waals surface area contributed by atoms with Crippen LogP contribution < -0.4 is 4.90 Å². The van der Waals surface area contributed by atoms with E-state index in [-0.39, 0.29) is 0 Å². The van der Waals surface area contributed by atoms with Crippen molar-refractivity contribution in [3.8, 4) is 27.9 Å². The second kappa shape index (κ2) is 11.2. The molecule has 0 spiro atoms. The normalized spacial score (nSPS) is 12.1. The van der Waals surface area contributed by atoms with Gasteiger partial charge in [-0.2, -0.15) is 0 Å². The number of nitrogens with zero attached hydrogens (tertiary/aromatic N) is 2. The molecule has 12 rings (SSSR count). The second-order valence-electron chi connectivity index (χ2n) is 14.5. The van der Waals surface area contributed by atoms with Crippen LogP contribution in [0, 0.1) is 0 Å². The molecule has 1 aliphatic rings. The summed E-state index contributed by atoms with van der Waals surface area (Å²) in [6.45, 7) is 0. The molecule has 1 aliphatic carbocycles. The molecule has 2 heteroatoms. The van der Waals surface area contributed by atoms with Crippen LogP contribution in [0.4, 0.5) is 17.1 Å². The van der Waals surface area contributed by atoms with Gasteiger partial charge in [-0.05, 0) is 97.4 Å². The molecular formula is C52H32N2. The number of aromatic nitrogens is 1. The predicted molar refractivity (Wildman–Crippen MR) is 230 cm³/mol. The first kappa shape index (κ1) is 29.4. The van der Waals surface area contributed by atoms with Gasteiger partial charge in [-0.3, -0.25) is 0 Å². The number of fused-ring (bicyclic) bond motifs is 10. The third-order valence-electron chi connectivity index (χ3n) is 11.6. The van der Waals surface area contributed by atoms with Crippen LogP contribution in [0.3, 0.4) is 0 Å². The van der Waals surface area contributed by atoms with Gasteiger partial charge in [0.1, 0.15) is 0 Å². The highest BCUT2D eigenvalue weighted by Crippen LogP contribution is 2.56. The Kier molecular flexibility index (Phi) is 6.09. The molecule has 0 saturated carbocycles. The van der Waals surface area contributed by atoms with Gasteiger partial charge in [0, 0.05) is 38.7 Å². The quantitative estimate of drug-likeness (QED) is 0.168. The molecule has 250 valence electrons. The molecule has 54 heavy (non-hydrogen) atoms. The Morgan fingerprint density at radius 1 is 0.333 bits per heavy atom. The van der Waals surface area contributed by atoms with E-state index >= 15 is 0 Å². The lowest BCUT2D eigenvalue weighted by atomic mass is 9.94. The van der Waals surface area contributed by atoms with Gasteiger partial charge in [0.15, 0.2) is 0 Å². The van der Waals surface area contributed by atoms with Gasteiger partial charge in [0.25, 0.3) is 0 Å². The Bertz CT molecular complexity index is 3340. The van der Waals surface area contributed by atoms with Crippen LogP contribution in [0.1, 0.15) is 0 Å². The van der Waals surface area contributed by atoms with Crippen LogP contribution in [0.25, 0.3) is 92.8 Å². The predicted octanol–water partition coefficient (Wildman–Crippen LogP) is 14.5. The fourth-order valence-electron chi connectivity index (χ4n) is 9.32. The molecule has 1 aromatic heterocycles. The highest BCUT2D eigenvalue weighted by atomic mass is 15.1. The van der Waals surface area contributed by atoms with E-state index in [9.17, 15) is 0 Å². The van der Waals surface area contributed by atoms with Crippen LogP contribution in [0.5, 0.6) is 0 Å². The van der Waals surface area contributed by atoms with Gasteiger partial charge in [-0.1, -0.05) is 146 Å². The maximum absolute atomic E-state index is 2.52. The van der Waals surface area contributed by atoms with E-state index in [4.69, 9.17) is 0 Å². The van der Waals surface area contributed by atoms with Crippen LogP contribution in [-0.4, -0.2) is 4.57 Å². The monoisotopic (exact) mass is 684 g/mol.